The summed E-state index contributed by atoms with van der Waals surface area (Å²) in [7, 11) is 0. The fourth-order valence-corrected chi connectivity index (χ4v) is 1.89. The van der Waals surface area contributed by atoms with E-state index < -0.39 is 0 Å². The Morgan fingerprint density at radius 1 is 1.44 bits per heavy atom. The number of hydrogen-bond donors (Lipinski definition) is 0. The molecular weight excluding hydrogens is 112 g/mol. The molecule has 2 aliphatic rings. The molecule has 0 aromatic heterocycles. The van der Waals surface area contributed by atoms with Gasteiger partial charge in [0, 0.05) is 11.8 Å². The molecule has 2 saturated carbocycles. The first kappa shape index (κ1) is 5.45. The first-order valence-corrected chi connectivity index (χ1v) is 3.83. The van der Waals surface area contributed by atoms with Crippen LogP contribution in [0, 0.1) is 17.8 Å². The summed E-state index contributed by atoms with van der Waals surface area (Å²) in [4.78, 5) is 11.2. The zero-order chi connectivity index (χ0) is 6.43. The molecule has 2 fully saturated rings. The SMILES string of the molecule is C[C@H]1CC[C@H]2C[C@H]2C1=O. The maximum atomic E-state index is 11.2. The molecule has 0 unspecified atom stereocenters. The molecule has 0 aromatic carbocycles. The first-order chi connectivity index (χ1) is 4.29. The Bertz CT molecular complexity index is 147. The Kier molecular flexibility index (Phi) is 0.961. The molecule has 1 heteroatoms. The molecule has 0 N–H and O–H groups in total. The quantitative estimate of drug-likeness (QED) is 0.479. The highest BCUT2D eigenvalue weighted by molar-refractivity contribution is 5.86. The van der Waals surface area contributed by atoms with E-state index in [0.29, 0.717) is 17.6 Å². The monoisotopic (exact) mass is 124 g/mol. The molecular formula is C8H12O. The van der Waals surface area contributed by atoms with Crippen molar-refractivity contribution in [2.24, 2.45) is 17.8 Å². The lowest BCUT2D eigenvalue weighted by Gasteiger charge is -2.14. The van der Waals surface area contributed by atoms with Gasteiger partial charge in [-0.2, -0.15) is 0 Å². The normalized spacial score (nSPS) is 48.6. The smallest absolute Gasteiger partial charge is 0.139 e. The van der Waals surface area contributed by atoms with Crippen LogP contribution in [0.1, 0.15) is 26.2 Å². The van der Waals surface area contributed by atoms with Gasteiger partial charge >= 0.3 is 0 Å². The summed E-state index contributed by atoms with van der Waals surface area (Å²) in [6, 6.07) is 0. The summed E-state index contributed by atoms with van der Waals surface area (Å²) < 4.78 is 0. The number of carbonyl (C=O) groups is 1. The van der Waals surface area contributed by atoms with E-state index in [-0.39, 0.29) is 0 Å². The van der Waals surface area contributed by atoms with Crippen LogP contribution in [0.2, 0.25) is 0 Å². The highest BCUT2D eigenvalue weighted by Gasteiger charge is 2.47. The van der Waals surface area contributed by atoms with Crippen molar-refractivity contribution in [2.75, 3.05) is 0 Å². The van der Waals surface area contributed by atoms with Crippen molar-refractivity contribution in [3.8, 4) is 0 Å². The van der Waals surface area contributed by atoms with E-state index in [2.05, 4.69) is 6.92 Å². The minimum absolute atomic E-state index is 0.383. The van der Waals surface area contributed by atoms with Crippen molar-refractivity contribution in [2.45, 2.75) is 26.2 Å². The molecule has 0 aliphatic heterocycles. The zero-order valence-electron chi connectivity index (χ0n) is 5.76. The fraction of sp³-hybridized carbons (Fsp3) is 0.875. The molecule has 0 amide bonds. The number of carbonyl (C=O) groups excluding carboxylic acids is 1. The second-order valence-electron chi connectivity index (χ2n) is 3.48. The Morgan fingerprint density at radius 3 is 2.89 bits per heavy atom. The molecule has 0 spiro atoms. The van der Waals surface area contributed by atoms with E-state index in [1.165, 1.54) is 12.8 Å². The van der Waals surface area contributed by atoms with Gasteiger partial charge < -0.3 is 0 Å². The molecule has 2 aliphatic carbocycles. The minimum atomic E-state index is 0.383. The van der Waals surface area contributed by atoms with Crippen LogP contribution in [0.3, 0.4) is 0 Å². The molecule has 2 rings (SSSR count). The largest absolute Gasteiger partial charge is 0.299 e. The molecule has 0 bridgehead atoms. The molecule has 0 saturated heterocycles. The third-order valence-electron chi connectivity index (χ3n) is 2.74. The van der Waals surface area contributed by atoms with E-state index in [9.17, 15) is 4.79 Å². The average Bonchev–Trinajstić information content (AvgIpc) is 2.58. The summed E-state index contributed by atoms with van der Waals surface area (Å²) in [5, 5.41) is 0. The van der Waals surface area contributed by atoms with Crippen molar-refractivity contribution in [1.82, 2.24) is 0 Å². The molecule has 9 heavy (non-hydrogen) atoms. The van der Waals surface area contributed by atoms with Gasteiger partial charge in [0.15, 0.2) is 0 Å². The average molecular weight is 124 g/mol. The predicted octanol–water partition coefficient (Wildman–Crippen LogP) is 1.62. The van der Waals surface area contributed by atoms with Crippen LogP contribution in [0.4, 0.5) is 0 Å². The third kappa shape index (κ3) is 0.707. The Balaban J connectivity index is 2.10. The predicted molar refractivity (Wildman–Crippen MR) is 35.0 cm³/mol. The van der Waals surface area contributed by atoms with Gasteiger partial charge in [0.2, 0.25) is 0 Å². The molecule has 50 valence electrons. The summed E-state index contributed by atoms with van der Waals surface area (Å²) in [6.07, 6.45) is 3.68. The van der Waals surface area contributed by atoms with Crippen LogP contribution >= 0.6 is 0 Å². The van der Waals surface area contributed by atoms with Gasteiger partial charge in [0.05, 0.1) is 0 Å². The van der Waals surface area contributed by atoms with Crippen molar-refractivity contribution < 1.29 is 4.79 Å². The summed E-state index contributed by atoms with van der Waals surface area (Å²) in [6.45, 7) is 2.07. The van der Waals surface area contributed by atoms with E-state index >= 15 is 0 Å². The number of ketones is 1. The maximum absolute atomic E-state index is 11.2. The Hall–Kier alpha value is -0.330. The second-order valence-corrected chi connectivity index (χ2v) is 3.48. The van der Waals surface area contributed by atoms with Crippen LogP contribution in [-0.2, 0) is 4.79 Å². The van der Waals surface area contributed by atoms with E-state index in [0.717, 1.165) is 12.3 Å². The Labute approximate surface area is 55.4 Å². The highest BCUT2D eigenvalue weighted by Crippen LogP contribution is 2.48. The molecule has 0 heterocycles. The van der Waals surface area contributed by atoms with Crippen LogP contribution in [0.25, 0.3) is 0 Å². The maximum Gasteiger partial charge on any atom is 0.139 e. The van der Waals surface area contributed by atoms with E-state index in [4.69, 9.17) is 0 Å². The Morgan fingerprint density at radius 2 is 2.22 bits per heavy atom. The summed E-state index contributed by atoms with van der Waals surface area (Å²) in [5.41, 5.74) is 0. The van der Waals surface area contributed by atoms with E-state index in [1.54, 1.807) is 0 Å². The first-order valence-electron chi connectivity index (χ1n) is 3.83. The third-order valence-corrected chi connectivity index (χ3v) is 2.74. The topological polar surface area (TPSA) is 17.1 Å². The lowest BCUT2D eigenvalue weighted by atomic mass is 9.90. The fourth-order valence-electron chi connectivity index (χ4n) is 1.89. The molecule has 0 radical (unpaired) electrons. The van der Waals surface area contributed by atoms with Gasteiger partial charge in [-0.1, -0.05) is 6.92 Å². The van der Waals surface area contributed by atoms with Crippen molar-refractivity contribution in [3.63, 3.8) is 0 Å². The zero-order valence-corrected chi connectivity index (χ0v) is 5.76. The summed E-state index contributed by atoms with van der Waals surface area (Å²) in [5.74, 6) is 2.25. The van der Waals surface area contributed by atoms with Gasteiger partial charge in [-0.15, -0.1) is 0 Å². The van der Waals surface area contributed by atoms with E-state index in [1.807, 2.05) is 0 Å². The minimum Gasteiger partial charge on any atom is -0.299 e. The molecule has 0 aromatic rings. The van der Waals surface area contributed by atoms with Crippen molar-refractivity contribution in [1.29, 1.82) is 0 Å². The molecule has 1 nitrogen and oxygen atoms in total. The second kappa shape index (κ2) is 1.59. The number of hydrogen-bond acceptors (Lipinski definition) is 1. The van der Waals surface area contributed by atoms with Crippen LogP contribution < -0.4 is 0 Å². The van der Waals surface area contributed by atoms with Gasteiger partial charge in [-0.3, -0.25) is 4.79 Å². The number of Topliss-reactive ketones (excluding diaryl/α,β-unsaturated/α-hetero) is 1. The summed E-state index contributed by atoms with van der Waals surface area (Å²) >= 11 is 0. The number of fused-ring (bicyclic) bond motifs is 1. The highest BCUT2D eigenvalue weighted by atomic mass is 16.1. The number of rotatable bonds is 0. The van der Waals surface area contributed by atoms with Gasteiger partial charge in [0.25, 0.3) is 0 Å². The van der Waals surface area contributed by atoms with Gasteiger partial charge in [-0.05, 0) is 25.2 Å². The van der Waals surface area contributed by atoms with Crippen molar-refractivity contribution in [3.05, 3.63) is 0 Å². The molecule has 3 atom stereocenters. The van der Waals surface area contributed by atoms with Crippen LogP contribution in [0.15, 0.2) is 0 Å². The van der Waals surface area contributed by atoms with Crippen LogP contribution in [0.5, 0.6) is 0 Å². The van der Waals surface area contributed by atoms with Gasteiger partial charge in [-0.25, -0.2) is 0 Å². The van der Waals surface area contributed by atoms with Crippen molar-refractivity contribution >= 4 is 5.78 Å². The van der Waals surface area contributed by atoms with Gasteiger partial charge in [0.1, 0.15) is 5.78 Å². The lowest BCUT2D eigenvalue weighted by Crippen LogP contribution is -2.18. The van der Waals surface area contributed by atoms with Crippen LogP contribution in [-0.4, -0.2) is 5.78 Å². The lowest BCUT2D eigenvalue weighted by molar-refractivity contribution is -0.125. The standard InChI is InChI=1S/C8H12O/c1-5-2-3-6-4-7(6)8(5)9/h5-7H,2-4H2,1H3/t5-,6-,7+/m0/s1.